The minimum Gasteiger partial charge on any atom is -0.481 e. The first-order valence-electron chi connectivity index (χ1n) is 7.23. The topological polar surface area (TPSA) is 95.0 Å². The van der Waals surface area contributed by atoms with E-state index in [-0.39, 0.29) is 24.8 Å². The van der Waals surface area contributed by atoms with E-state index in [2.05, 4.69) is 0 Å². The second-order valence-electron chi connectivity index (χ2n) is 6.00. The summed E-state index contributed by atoms with van der Waals surface area (Å²) in [6, 6.07) is 0. The molecule has 0 aromatic heterocycles. The SMILES string of the molecule is CS(=O)(=O)N1CCCC(CN2CC(C(=O)O)CCC2=O)C1. The number of hydrogen-bond acceptors (Lipinski definition) is 4. The lowest BCUT2D eigenvalue weighted by atomic mass is 9.94. The van der Waals surface area contributed by atoms with Crippen molar-refractivity contribution in [1.29, 1.82) is 0 Å². The van der Waals surface area contributed by atoms with Crippen molar-refractivity contribution in [2.24, 2.45) is 11.8 Å². The van der Waals surface area contributed by atoms with E-state index < -0.39 is 21.9 Å². The number of piperidine rings is 2. The number of carboxylic acids is 1. The molecule has 0 bridgehead atoms. The fraction of sp³-hybridized carbons (Fsp3) is 0.846. The average molecular weight is 318 g/mol. The highest BCUT2D eigenvalue weighted by molar-refractivity contribution is 7.88. The summed E-state index contributed by atoms with van der Waals surface area (Å²) in [5.74, 6) is -1.31. The first kappa shape index (κ1) is 16.2. The fourth-order valence-electron chi connectivity index (χ4n) is 3.08. The number of carbonyl (C=O) groups excluding carboxylic acids is 1. The molecular formula is C13H22N2O5S. The molecule has 8 heteroatoms. The molecule has 7 nitrogen and oxygen atoms in total. The second kappa shape index (κ2) is 6.31. The maximum absolute atomic E-state index is 11.9. The number of sulfonamides is 1. The minimum absolute atomic E-state index is 0.0241. The van der Waals surface area contributed by atoms with E-state index in [9.17, 15) is 18.0 Å². The van der Waals surface area contributed by atoms with Gasteiger partial charge in [-0.15, -0.1) is 0 Å². The molecule has 0 radical (unpaired) electrons. The van der Waals surface area contributed by atoms with Crippen molar-refractivity contribution in [2.75, 3.05) is 32.4 Å². The third-order valence-corrected chi connectivity index (χ3v) is 5.55. The van der Waals surface area contributed by atoms with Gasteiger partial charge in [0.2, 0.25) is 15.9 Å². The highest BCUT2D eigenvalue weighted by Crippen LogP contribution is 2.23. The van der Waals surface area contributed by atoms with Crippen LogP contribution in [0.15, 0.2) is 0 Å². The van der Waals surface area contributed by atoms with Gasteiger partial charge in [0.15, 0.2) is 0 Å². The van der Waals surface area contributed by atoms with Crippen LogP contribution in [-0.2, 0) is 19.6 Å². The Morgan fingerprint density at radius 2 is 2.05 bits per heavy atom. The molecule has 1 amide bonds. The molecule has 0 aromatic rings. The summed E-state index contributed by atoms with van der Waals surface area (Å²) >= 11 is 0. The quantitative estimate of drug-likeness (QED) is 0.786. The van der Waals surface area contributed by atoms with Crippen molar-refractivity contribution in [3.63, 3.8) is 0 Å². The molecule has 2 fully saturated rings. The van der Waals surface area contributed by atoms with Crippen molar-refractivity contribution in [3.8, 4) is 0 Å². The van der Waals surface area contributed by atoms with E-state index in [1.807, 2.05) is 0 Å². The highest BCUT2D eigenvalue weighted by Gasteiger charge is 2.33. The van der Waals surface area contributed by atoms with Crippen LogP contribution in [0, 0.1) is 11.8 Å². The summed E-state index contributed by atoms with van der Waals surface area (Å²) in [5, 5.41) is 9.07. The zero-order valence-electron chi connectivity index (χ0n) is 12.2. The lowest BCUT2D eigenvalue weighted by molar-refractivity contribution is -0.147. The Labute approximate surface area is 125 Å². The minimum atomic E-state index is -3.20. The number of likely N-dealkylation sites (tertiary alicyclic amines) is 1. The van der Waals surface area contributed by atoms with Crippen molar-refractivity contribution < 1.29 is 23.1 Å². The monoisotopic (exact) mass is 318 g/mol. The van der Waals surface area contributed by atoms with Gasteiger partial charge < -0.3 is 10.0 Å². The second-order valence-corrected chi connectivity index (χ2v) is 7.98. The maximum Gasteiger partial charge on any atom is 0.308 e. The molecule has 0 aromatic carbocycles. The summed E-state index contributed by atoms with van der Waals surface area (Å²) in [7, 11) is -3.20. The van der Waals surface area contributed by atoms with Crippen LogP contribution in [0.5, 0.6) is 0 Å². The van der Waals surface area contributed by atoms with Gasteiger partial charge in [0, 0.05) is 32.6 Å². The van der Waals surface area contributed by atoms with Crippen molar-refractivity contribution in [2.45, 2.75) is 25.7 Å². The van der Waals surface area contributed by atoms with E-state index in [0.717, 1.165) is 12.8 Å². The Morgan fingerprint density at radius 1 is 1.33 bits per heavy atom. The van der Waals surface area contributed by atoms with E-state index in [0.29, 0.717) is 26.1 Å². The van der Waals surface area contributed by atoms with Crippen LogP contribution in [-0.4, -0.2) is 67.0 Å². The molecule has 2 rings (SSSR count). The van der Waals surface area contributed by atoms with Gasteiger partial charge in [0.05, 0.1) is 12.2 Å². The van der Waals surface area contributed by atoms with Crippen LogP contribution >= 0.6 is 0 Å². The van der Waals surface area contributed by atoms with Crippen LogP contribution in [0.3, 0.4) is 0 Å². The molecule has 1 N–H and O–H groups in total. The molecule has 0 spiro atoms. The number of hydrogen-bond donors (Lipinski definition) is 1. The van der Waals surface area contributed by atoms with Crippen molar-refractivity contribution in [3.05, 3.63) is 0 Å². The highest BCUT2D eigenvalue weighted by atomic mass is 32.2. The van der Waals surface area contributed by atoms with Gasteiger partial charge in [0.25, 0.3) is 0 Å². The first-order chi connectivity index (χ1) is 9.77. The molecule has 21 heavy (non-hydrogen) atoms. The van der Waals surface area contributed by atoms with Crippen LogP contribution in [0.4, 0.5) is 0 Å². The van der Waals surface area contributed by atoms with Crippen LogP contribution in [0.2, 0.25) is 0 Å². The van der Waals surface area contributed by atoms with Gasteiger partial charge in [-0.05, 0) is 25.2 Å². The van der Waals surface area contributed by atoms with Crippen LogP contribution in [0.1, 0.15) is 25.7 Å². The smallest absolute Gasteiger partial charge is 0.308 e. The Bertz CT molecular complexity index is 519. The van der Waals surface area contributed by atoms with Gasteiger partial charge in [-0.1, -0.05) is 0 Å². The van der Waals surface area contributed by atoms with Gasteiger partial charge in [-0.3, -0.25) is 9.59 Å². The Morgan fingerprint density at radius 3 is 2.67 bits per heavy atom. The summed E-state index contributed by atoms with van der Waals surface area (Å²) in [6.07, 6.45) is 3.50. The molecule has 0 aliphatic carbocycles. The van der Waals surface area contributed by atoms with E-state index in [1.165, 1.54) is 10.6 Å². The fourth-order valence-corrected chi connectivity index (χ4v) is 4.02. The summed E-state index contributed by atoms with van der Waals surface area (Å²) < 4.78 is 24.6. The Balaban J connectivity index is 1.96. The summed E-state index contributed by atoms with van der Waals surface area (Å²) in [6.45, 7) is 1.64. The Hall–Kier alpha value is -1.15. The summed E-state index contributed by atoms with van der Waals surface area (Å²) in [5.41, 5.74) is 0. The number of carbonyl (C=O) groups is 2. The van der Waals surface area contributed by atoms with E-state index in [4.69, 9.17) is 5.11 Å². The van der Waals surface area contributed by atoms with Gasteiger partial charge in [0.1, 0.15) is 0 Å². The van der Waals surface area contributed by atoms with Crippen LogP contribution in [0.25, 0.3) is 0 Å². The number of rotatable bonds is 4. The Kier molecular flexibility index (Phi) is 4.88. The molecule has 120 valence electrons. The van der Waals surface area contributed by atoms with Crippen LogP contribution < -0.4 is 0 Å². The largest absolute Gasteiger partial charge is 0.481 e. The van der Waals surface area contributed by atoms with E-state index in [1.54, 1.807) is 4.90 Å². The maximum atomic E-state index is 11.9. The molecular weight excluding hydrogens is 296 g/mol. The summed E-state index contributed by atoms with van der Waals surface area (Å²) in [4.78, 5) is 24.6. The molecule has 2 aliphatic rings. The molecule has 2 unspecified atom stereocenters. The van der Waals surface area contributed by atoms with Gasteiger partial charge in [-0.25, -0.2) is 12.7 Å². The number of carboxylic acid groups (broad SMARTS) is 1. The molecule has 2 saturated heterocycles. The third-order valence-electron chi connectivity index (χ3n) is 4.28. The predicted molar refractivity (Wildman–Crippen MR) is 76.1 cm³/mol. The number of nitrogens with zero attached hydrogens (tertiary/aromatic N) is 2. The van der Waals surface area contributed by atoms with Crippen molar-refractivity contribution in [1.82, 2.24) is 9.21 Å². The molecule has 2 atom stereocenters. The lowest BCUT2D eigenvalue weighted by Crippen LogP contribution is -2.48. The van der Waals surface area contributed by atoms with Gasteiger partial charge in [-0.2, -0.15) is 0 Å². The molecule has 2 aliphatic heterocycles. The third kappa shape index (κ3) is 4.16. The predicted octanol–water partition coefficient (Wildman–Crippen LogP) is -0.0188. The lowest BCUT2D eigenvalue weighted by Gasteiger charge is -2.37. The first-order valence-corrected chi connectivity index (χ1v) is 9.08. The van der Waals surface area contributed by atoms with Crippen molar-refractivity contribution >= 4 is 21.9 Å². The number of amides is 1. The average Bonchev–Trinajstić information content (AvgIpc) is 2.40. The standard InChI is InChI=1S/C13H22N2O5S/c1-21(19,20)15-6-2-3-10(8-15)7-14-9-11(13(17)18)4-5-12(14)16/h10-11H,2-9H2,1H3,(H,17,18). The van der Waals surface area contributed by atoms with Gasteiger partial charge >= 0.3 is 5.97 Å². The van der Waals surface area contributed by atoms with E-state index >= 15 is 0 Å². The number of aliphatic carboxylic acids is 1. The molecule has 0 saturated carbocycles. The normalized spacial score (nSPS) is 28.6. The molecule has 2 heterocycles. The zero-order chi connectivity index (χ0) is 15.6. The zero-order valence-corrected chi connectivity index (χ0v) is 13.0.